The van der Waals surface area contributed by atoms with E-state index >= 15 is 0 Å². The molecule has 0 aliphatic carbocycles. The van der Waals surface area contributed by atoms with Crippen LogP contribution in [0.3, 0.4) is 0 Å². The quantitative estimate of drug-likeness (QED) is 0.394. The lowest BCUT2D eigenvalue weighted by molar-refractivity contribution is -0.274. The van der Waals surface area contributed by atoms with E-state index in [9.17, 15) is 13.2 Å². The summed E-state index contributed by atoms with van der Waals surface area (Å²) in [6, 6.07) is 12.6. The van der Waals surface area contributed by atoms with E-state index in [0.717, 1.165) is 46.2 Å². The van der Waals surface area contributed by atoms with E-state index in [1.54, 1.807) is 13.2 Å². The maximum atomic E-state index is 12.9. The number of rotatable bonds is 7. The zero-order valence-corrected chi connectivity index (χ0v) is 16.0. The predicted molar refractivity (Wildman–Crippen MR) is 104 cm³/mol. The molecule has 2 nitrogen and oxygen atoms in total. The molecule has 6 heteroatoms. The number of benzene rings is 2. The number of aryl methyl sites for hydroxylation is 1. The largest absolute Gasteiger partial charge is 0.573 e. The molecule has 3 rings (SSSR count). The molecular formula is C21H21F3O2S. The van der Waals surface area contributed by atoms with Crippen LogP contribution in [0.4, 0.5) is 13.2 Å². The van der Waals surface area contributed by atoms with Crippen LogP contribution in [0.1, 0.15) is 31.7 Å². The monoisotopic (exact) mass is 394 g/mol. The Morgan fingerprint density at radius 3 is 2.52 bits per heavy atom. The lowest BCUT2D eigenvalue weighted by Gasteiger charge is -2.14. The van der Waals surface area contributed by atoms with E-state index in [1.165, 1.54) is 17.4 Å². The summed E-state index contributed by atoms with van der Waals surface area (Å²) >= 11 is 1.42. The summed E-state index contributed by atoms with van der Waals surface area (Å²) in [6.07, 6.45) is -0.919. The minimum Gasteiger partial charge on any atom is -0.497 e. The predicted octanol–water partition coefficient (Wildman–Crippen LogP) is 7.21. The summed E-state index contributed by atoms with van der Waals surface area (Å²) in [7, 11) is 1.59. The van der Waals surface area contributed by atoms with Gasteiger partial charge in [0.25, 0.3) is 0 Å². The Labute approximate surface area is 160 Å². The van der Waals surface area contributed by atoms with Crippen molar-refractivity contribution < 1.29 is 22.6 Å². The number of halogens is 3. The lowest BCUT2D eigenvalue weighted by Crippen LogP contribution is -2.17. The van der Waals surface area contributed by atoms with E-state index in [1.807, 2.05) is 30.3 Å². The minimum absolute atomic E-state index is 0.144. The van der Waals surface area contributed by atoms with Crippen molar-refractivity contribution in [3.8, 4) is 21.9 Å². The number of hydrogen-bond acceptors (Lipinski definition) is 3. The summed E-state index contributed by atoms with van der Waals surface area (Å²) in [4.78, 5) is 0.734. The molecule has 27 heavy (non-hydrogen) atoms. The molecule has 0 fully saturated rings. The van der Waals surface area contributed by atoms with Crippen LogP contribution in [-0.4, -0.2) is 13.5 Å². The first-order chi connectivity index (χ1) is 12.9. The van der Waals surface area contributed by atoms with E-state index in [-0.39, 0.29) is 5.75 Å². The van der Waals surface area contributed by atoms with Gasteiger partial charge in [0.2, 0.25) is 0 Å². The molecular weight excluding hydrogens is 373 g/mol. The van der Waals surface area contributed by atoms with E-state index in [2.05, 4.69) is 11.7 Å². The SMILES string of the molecule is CCCCCc1ccc(-c2cc3ccc(OC)cc3s2)c(OC(F)(F)F)c1. The second-order valence-electron chi connectivity index (χ2n) is 6.35. The fourth-order valence-corrected chi connectivity index (χ4v) is 4.11. The Kier molecular flexibility index (Phi) is 5.95. The smallest absolute Gasteiger partial charge is 0.497 e. The Morgan fingerprint density at radius 1 is 1.00 bits per heavy atom. The third-order valence-corrected chi connectivity index (χ3v) is 5.46. The molecule has 0 spiro atoms. The highest BCUT2D eigenvalue weighted by Gasteiger charge is 2.32. The highest BCUT2D eigenvalue weighted by molar-refractivity contribution is 7.22. The lowest BCUT2D eigenvalue weighted by atomic mass is 10.0. The number of ether oxygens (including phenoxy) is 2. The van der Waals surface area contributed by atoms with E-state index < -0.39 is 6.36 Å². The molecule has 2 aromatic carbocycles. The Bertz CT molecular complexity index is 915. The van der Waals surface area contributed by atoms with Gasteiger partial charge in [-0.05, 0) is 60.2 Å². The molecule has 0 aliphatic heterocycles. The first kappa shape index (κ1) is 19.5. The molecule has 1 aromatic heterocycles. The number of methoxy groups -OCH3 is 1. The fraction of sp³-hybridized carbons (Fsp3) is 0.333. The second kappa shape index (κ2) is 8.21. The molecule has 3 aromatic rings. The summed E-state index contributed by atoms with van der Waals surface area (Å²) < 4.78 is 49.4. The van der Waals surface area contributed by atoms with Gasteiger partial charge < -0.3 is 9.47 Å². The van der Waals surface area contributed by atoms with Crippen LogP contribution >= 0.6 is 11.3 Å². The van der Waals surface area contributed by atoms with E-state index in [0.29, 0.717) is 11.3 Å². The van der Waals surface area contributed by atoms with Gasteiger partial charge in [-0.2, -0.15) is 0 Å². The van der Waals surface area contributed by atoms with Crippen molar-refractivity contribution in [3.63, 3.8) is 0 Å². The van der Waals surface area contributed by atoms with Crippen LogP contribution in [0, 0.1) is 0 Å². The summed E-state index contributed by atoms with van der Waals surface area (Å²) in [6.45, 7) is 2.09. The van der Waals surface area contributed by atoms with E-state index in [4.69, 9.17) is 4.74 Å². The maximum Gasteiger partial charge on any atom is 0.573 e. The molecule has 0 N–H and O–H groups in total. The summed E-state index contributed by atoms with van der Waals surface area (Å²) in [5, 5.41) is 0.959. The standard InChI is InChI=1S/C21H21F3O2S/c1-3-4-5-6-14-7-10-17(18(11-14)26-21(22,23)24)20-12-15-8-9-16(25-2)13-19(15)27-20/h7-13H,3-6H2,1-2H3. The third-order valence-electron chi connectivity index (χ3n) is 4.33. The van der Waals surface area contributed by atoms with Crippen molar-refractivity contribution in [1.82, 2.24) is 0 Å². The topological polar surface area (TPSA) is 18.5 Å². The second-order valence-corrected chi connectivity index (χ2v) is 7.43. The van der Waals surface area contributed by atoms with Crippen LogP contribution in [0.5, 0.6) is 11.5 Å². The van der Waals surface area contributed by atoms with Crippen molar-refractivity contribution in [1.29, 1.82) is 0 Å². The number of unbranched alkanes of at least 4 members (excludes halogenated alkanes) is 2. The molecule has 0 saturated carbocycles. The zero-order chi connectivity index (χ0) is 19.4. The van der Waals surface area contributed by atoms with Crippen molar-refractivity contribution in [2.24, 2.45) is 0 Å². The van der Waals surface area contributed by atoms with Gasteiger partial charge in [0.15, 0.2) is 0 Å². The number of thiophene rings is 1. The first-order valence-electron chi connectivity index (χ1n) is 8.86. The fourth-order valence-electron chi connectivity index (χ4n) is 2.99. The van der Waals surface area contributed by atoms with Gasteiger partial charge in [0.05, 0.1) is 7.11 Å². The van der Waals surface area contributed by atoms with Crippen LogP contribution < -0.4 is 9.47 Å². The van der Waals surface area contributed by atoms with Gasteiger partial charge in [-0.15, -0.1) is 24.5 Å². The van der Waals surface area contributed by atoms with Crippen LogP contribution in [0.15, 0.2) is 42.5 Å². The molecule has 0 unspecified atom stereocenters. The highest BCUT2D eigenvalue weighted by atomic mass is 32.1. The normalized spacial score (nSPS) is 11.7. The molecule has 0 radical (unpaired) electrons. The van der Waals surface area contributed by atoms with Gasteiger partial charge in [-0.1, -0.05) is 25.8 Å². The Morgan fingerprint density at radius 2 is 1.81 bits per heavy atom. The average Bonchev–Trinajstić information content (AvgIpc) is 3.03. The van der Waals surface area contributed by atoms with Crippen LogP contribution in [0.2, 0.25) is 0 Å². The van der Waals surface area contributed by atoms with Crippen molar-refractivity contribution >= 4 is 21.4 Å². The highest BCUT2D eigenvalue weighted by Crippen LogP contribution is 2.41. The molecule has 0 aliphatic rings. The van der Waals surface area contributed by atoms with Gasteiger partial charge in [-0.3, -0.25) is 0 Å². The van der Waals surface area contributed by atoms with Gasteiger partial charge in [0.1, 0.15) is 11.5 Å². The van der Waals surface area contributed by atoms with Crippen molar-refractivity contribution in [2.75, 3.05) is 7.11 Å². The number of fused-ring (bicyclic) bond motifs is 1. The zero-order valence-electron chi connectivity index (χ0n) is 15.2. The van der Waals surface area contributed by atoms with Crippen LogP contribution in [0.25, 0.3) is 20.5 Å². The number of hydrogen-bond donors (Lipinski definition) is 0. The Balaban J connectivity index is 1.99. The molecule has 0 atom stereocenters. The third kappa shape index (κ3) is 4.95. The summed E-state index contributed by atoms with van der Waals surface area (Å²) in [5.41, 5.74) is 1.31. The average molecular weight is 394 g/mol. The summed E-state index contributed by atoms with van der Waals surface area (Å²) in [5.74, 6) is 0.573. The van der Waals surface area contributed by atoms with Gasteiger partial charge in [0, 0.05) is 15.1 Å². The van der Waals surface area contributed by atoms with Crippen molar-refractivity contribution in [2.45, 2.75) is 39.0 Å². The minimum atomic E-state index is -4.73. The molecule has 0 saturated heterocycles. The van der Waals surface area contributed by atoms with Gasteiger partial charge in [-0.25, -0.2) is 0 Å². The van der Waals surface area contributed by atoms with Crippen LogP contribution in [-0.2, 0) is 6.42 Å². The maximum absolute atomic E-state index is 12.9. The Hall–Kier alpha value is -2.21. The first-order valence-corrected chi connectivity index (χ1v) is 9.68. The van der Waals surface area contributed by atoms with Crippen molar-refractivity contribution in [3.05, 3.63) is 48.0 Å². The molecule has 0 bridgehead atoms. The number of alkyl halides is 3. The molecule has 1 heterocycles. The van der Waals surface area contributed by atoms with Gasteiger partial charge >= 0.3 is 6.36 Å². The molecule has 0 amide bonds. The molecule has 144 valence electrons.